The number of aromatic nitrogens is 1. The predicted octanol–water partition coefficient (Wildman–Crippen LogP) is 3.61. The van der Waals surface area contributed by atoms with Crippen molar-refractivity contribution >= 4 is 28.4 Å². The summed E-state index contributed by atoms with van der Waals surface area (Å²) in [7, 11) is 1.61. The van der Waals surface area contributed by atoms with E-state index in [1.807, 2.05) is 36.4 Å². The van der Waals surface area contributed by atoms with Crippen LogP contribution in [0.1, 0.15) is 16.1 Å². The molecule has 0 aliphatic heterocycles. The Balaban J connectivity index is 1.66. The van der Waals surface area contributed by atoms with Crippen LogP contribution in [0.3, 0.4) is 0 Å². The minimum absolute atomic E-state index is 0.210. The van der Waals surface area contributed by atoms with E-state index in [1.165, 1.54) is 0 Å². The molecule has 0 spiro atoms. The molecule has 0 radical (unpaired) electrons. The topological polar surface area (TPSA) is 54.1 Å². The van der Waals surface area contributed by atoms with E-state index < -0.39 is 0 Å². The second kappa shape index (κ2) is 7.12. The van der Waals surface area contributed by atoms with Gasteiger partial charge in [0.25, 0.3) is 5.91 Å². The highest BCUT2D eigenvalue weighted by Gasteiger charge is 2.09. The first-order chi connectivity index (χ1) is 11.7. The summed E-state index contributed by atoms with van der Waals surface area (Å²) in [6, 6.07) is 14.7. The molecule has 0 atom stereocenters. The normalized spacial score (nSPS) is 10.1. The first-order valence-corrected chi connectivity index (χ1v) is 7.73. The first kappa shape index (κ1) is 16.0. The number of hydrogen-bond donors (Lipinski definition) is 2. The zero-order valence-corrected chi connectivity index (χ0v) is 13.8. The second-order valence-corrected chi connectivity index (χ2v) is 5.51. The van der Waals surface area contributed by atoms with Crippen LogP contribution in [0.25, 0.3) is 10.9 Å². The molecule has 0 saturated heterocycles. The lowest BCUT2D eigenvalue weighted by molar-refractivity contribution is 0.0954. The van der Waals surface area contributed by atoms with Crippen molar-refractivity contribution in [1.82, 2.24) is 10.3 Å². The number of ether oxygens (including phenoxy) is 1. The maximum Gasteiger partial charge on any atom is 0.268 e. The number of halogens is 1. The number of benzene rings is 2. The lowest BCUT2D eigenvalue weighted by Gasteiger charge is -1.98. The highest BCUT2D eigenvalue weighted by molar-refractivity contribution is 6.31. The fourth-order valence-corrected chi connectivity index (χ4v) is 2.46. The molecule has 0 aliphatic carbocycles. The number of methoxy groups -OCH3 is 1. The third-order valence-corrected chi connectivity index (χ3v) is 3.84. The molecule has 2 aromatic carbocycles. The van der Waals surface area contributed by atoms with Gasteiger partial charge in [0.1, 0.15) is 11.4 Å². The zero-order chi connectivity index (χ0) is 16.9. The summed E-state index contributed by atoms with van der Waals surface area (Å²) < 4.78 is 5.17. The number of nitrogens with one attached hydrogen (secondary N) is 2. The molecule has 1 aromatic heterocycles. The van der Waals surface area contributed by atoms with E-state index in [-0.39, 0.29) is 12.5 Å². The molecule has 1 heterocycles. The number of carbonyl (C=O) groups is 1. The Kier molecular flexibility index (Phi) is 4.74. The van der Waals surface area contributed by atoms with Crippen LogP contribution in [0.5, 0.6) is 5.75 Å². The van der Waals surface area contributed by atoms with Crippen molar-refractivity contribution in [3.05, 3.63) is 64.8 Å². The Hall–Kier alpha value is -2.90. The van der Waals surface area contributed by atoms with E-state index in [0.717, 1.165) is 22.2 Å². The van der Waals surface area contributed by atoms with Crippen molar-refractivity contribution in [3.8, 4) is 17.6 Å². The van der Waals surface area contributed by atoms with Gasteiger partial charge in [0.15, 0.2) is 0 Å². The molecular weight excluding hydrogens is 324 g/mol. The van der Waals surface area contributed by atoms with Crippen molar-refractivity contribution in [1.29, 1.82) is 0 Å². The Bertz CT molecular complexity index is 951. The Labute approximate surface area is 144 Å². The van der Waals surface area contributed by atoms with Crippen molar-refractivity contribution in [2.45, 2.75) is 0 Å². The molecular formula is C19H15ClN2O2. The number of H-pyrrole nitrogens is 1. The fourth-order valence-electron chi connectivity index (χ4n) is 2.28. The maximum absolute atomic E-state index is 12.2. The number of aromatic amines is 1. The van der Waals surface area contributed by atoms with Crippen LogP contribution in [0.2, 0.25) is 5.02 Å². The molecule has 0 unspecified atom stereocenters. The third-order valence-electron chi connectivity index (χ3n) is 3.51. The van der Waals surface area contributed by atoms with Crippen LogP contribution in [-0.4, -0.2) is 24.5 Å². The Morgan fingerprint density at radius 3 is 2.88 bits per heavy atom. The Morgan fingerprint density at radius 1 is 1.25 bits per heavy atom. The minimum atomic E-state index is -0.210. The molecule has 3 aromatic rings. The van der Waals surface area contributed by atoms with Crippen LogP contribution in [0.4, 0.5) is 0 Å². The van der Waals surface area contributed by atoms with Crippen LogP contribution in [0.15, 0.2) is 48.5 Å². The average Bonchev–Trinajstić information content (AvgIpc) is 3.03. The first-order valence-electron chi connectivity index (χ1n) is 7.36. The van der Waals surface area contributed by atoms with Crippen molar-refractivity contribution < 1.29 is 9.53 Å². The summed E-state index contributed by atoms with van der Waals surface area (Å²) in [5.74, 6) is 6.36. The largest absolute Gasteiger partial charge is 0.497 e. The predicted molar refractivity (Wildman–Crippen MR) is 95.5 cm³/mol. The van der Waals surface area contributed by atoms with Crippen molar-refractivity contribution in [2.24, 2.45) is 0 Å². The molecule has 5 heteroatoms. The molecule has 0 aliphatic rings. The Morgan fingerprint density at radius 2 is 2.08 bits per heavy atom. The molecule has 4 nitrogen and oxygen atoms in total. The minimum Gasteiger partial charge on any atom is -0.497 e. The van der Waals surface area contributed by atoms with Gasteiger partial charge in [-0.1, -0.05) is 35.6 Å². The standard InChI is InChI=1S/C19H15ClN2O2/c1-24-15-9-8-14-11-18(22-17(14)12-15)19(23)21-10-4-6-13-5-2-3-7-16(13)20/h2-3,5,7-9,11-12,22H,10H2,1H3,(H,21,23). The maximum atomic E-state index is 12.2. The molecule has 24 heavy (non-hydrogen) atoms. The van der Waals surface area contributed by atoms with E-state index in [0.29, 0.717) is 10.7 Å². The van der Waals surface area contributed by atoms with Crippen molar-refractivity contribution in [2.75, 3.05) is 13.7 Å². The highest BCUT2D eigenvalue weighted by atomic mass is 35.5. The van der Waals surface area contributed by atoms with E-state index in [2.05, 4.69) is 22.1 Å². The monoisotopic (exact) mass is 338 g/mol. The van der Waals surface area contributed by atoms with Gasteiger partial charge in [-0.15, -0.1) is 0 Å². The molecule has 0 fully saturated rings. The summed E-state index contributed by atoms with van der Waals surface area (Å²) in [6.45, 7) is 0.239. The van der Waals surface area contributed by atoms with Crippen LogP contribution in [0, 0.1) is 11.8 Å². The summed E-state index contributed by atoms with van der Waals surface area (Å²) in [5.41, 5.74) is 2.07. The van der Waals surface area contributed by atoms with Gasteiger partial charge in [-0.3, -0.25) is 4.79 Å². The van der Waals surface area contributed by atoms with Crippen LogP contribution >= 0.6 is 11.6 Å². The number of fused-ring (bicyclic) bond motifs is 1. The van der Waals surface area contributed by atoms with Gasteiger partial charge >= 0.3 is 0 Å². The van der Waals surface area contributed by atoms with E-state index >= 15 is 0 Å². The fraction of sp³-hybridized carbons (Fsp3) is 0.105. The van der Waals surface area contributed by atoms with Gasteiger partial charge in [0.2, 0.25) is 0 Å². The van der Waals surface area contributed by atoms with E-state index in [9.17, 15) is 4.79 Å². The van der Waals surface area contributed by atoms with Gasteiger partial charge in [-0.05, 0) is 30.3 Å². The third kappa shape index (κ3) is 3.53. The highest BCUT2D eigenvalue weighted by Crippen LogP contribution is 2.21. The molecule has 3 rings (SSSR count). The molecule has 0 bridgehead atoms. The van der Waals surface area contributed by atoms with Gasteiger partial charge in [-0.2, -0.15) is 0 Å². The van der Waals surface area contributed by atoms with Gasteiger partial charge in [0.05, 0.1) is 18.7 Å². The zero-order valence-electron chi connectivity index (χ0n) is 13.0. The lowest BCUT2D eigenvalue weighted by Crippen LogP contribution is -2.23. The van der Waals surface area contributed by atoms with Gasteiger partial charge in [-0.25, -0.2) is 0 Å². The summed E-state index contributed by atoms with van der Waals surface area (Å²) >= 11 is 6.03. The smallest absolute Gasteiger partial charge is 0.268 e. The number of carbonyl (C=O) groups excluding carboxylic acids is 1. The number of rotatable bonds is 3. The summed E-state index contributed by atoms with van der Waals surface area (Å²) in [5, 5.41) is 4.31. The molecule has 0 saturated carbocycles. The van der Waals surface area contributed by atoms with Crippen LogP contribution < -0.4 is 10.1 Å². The average molecular weight is 339 g/mol. The lowest BCUT2D eigenvalue weighted by atomic mass is 10.2. The number of amides is 1. The SMILES string of the molecule is COc1ccc2cc(C(=O)NCC#Cc3ccccc3Cl)[nH]c2c1. The van der Waals surface area contributed by atoms with E-state index in [4.69, 9.17) is 16.3 Å². The van der Waals surface area contributed by atoms with E-state index in [1.54, 1.807) is 19.2 Å². The van der Waals surface area contributed by atoms with Gasteiger partial charge in [0, 0.05) is 22.5 Å². The van der Waals surface area contributed by atoms with Crippen molar-refractivity contribution in [3.63, 3.8) is 0 Å². The van der Waals surface area contributed by atoms with Gasteiger partial charge < -0.3 is 15.0 Å². The molecule has 1 amide bonds. The summed E-state index contributed by atoms with van der Waals surface area (Å²) in [6.07, 6.45) is 0. The second-order valence-electron chi connectivity index (χ2n) is 5.10. The summed E-state index contributed by atoms with van der Waals surface area (Å²) in [4.78, 5) is 15.3. The molecule has 120 valence electrons. The quantitative estimate of drug-likeness (QED) is 0.717. The van der Waals surface area contributed by atoms with Crippen LogP contribution in [-0.2, 0) is 0 Å². The molecule has 2 N–H and O–H groups in total. The number of hydrogen-bond acceptors (Lipinski definition) is 2.